The molecule has 0 N–H and O–H groups in total. The highest BCUT2D eigenvalue weighted by Gasteiger charge is 2.47. The first kappa shape index (κ1) is 19.2. The Balaban J connectivity index is 1.17. The summed E-state index contributed by atoms with van der Waals surface area (Å²) in [5, 5.41) is 0. The van der Waals surface area contributed by atoms with Crippen molar-refractivity contribution < 1.29 is 0 Å². The van der Waals surface area contributed by atoms with Gasteiger partial charge in [-0.05, 0) is 103 Å². The summed E-state index contributed by atoms with van der Waals surface area (Å²) in [6.07, 6.45) is 18.5. The minimum absolute atomic E-state index is 0.628. The quantitative estimate of drug-likeness (QED) is 0.453. The molecule has 6 aliphatic carbocycles. The van der Waals surface area contributed by atoms with Crippen LogP contribution in [0.4, 0.5) is 0 Å². The van der Waals surface area contributed by atoms with Gasteiger partial charge >= 0.3 is 0 Å². The predicted molar refractivity (Wildman–Crippen MR) is 137 cm³/mol. The van der Waals surface area contributed by atoms with Gasteiger partial charge in [-0.2, -0.15) is 0 Å². The molecule has 168 valence electrons. The second-order valence-electron chi connectivity index (χ2n) is 12.5. The van der Waals surface area contributed by atoms with Crippen LogP contribution in [0.5, 0.6) is 0 Å². The van der Waals surface area contributed by atoms with E-state index in [1.54, 1.807) is 11.1 Å². The maximum absolute atomic E-state index is 2.65. The topological polar surface area (TPSA) is 0 Å². The van der Waals surface area contributed by atoms with E-state index in [1.165, 1.54) is 68.9 Å². The first-order valence-electron chi connectivity index (χ1n) is 13.9. The van der Waals surface area contributed by atoms with Crippen molar-refractivity contribution in [3.05, 3.63) is 81.9 Å². The number of hydrogen-bond acceptors (Lipinski definition) is 0. The molecule has 0 amide bonds. The molecule has 6 aliphatic rings. The van der Waals surface area contributed by atoms with E-state index >= 15 is 0 Å². The van der Waals surface area contributed by atoms with E-state index < -0.39 is 0 Å². The van der Waals surface area contributed by atoms with Crippen LogP contribution in [0, 0.1) is 35.5 Å². The fourth-order valence-corrected chi connectivity index (χ4v) is 9.64. The average molecular weight is 433 g/mol. The average Bonchev–Trinajstić information content (AvgIpc) is 3.69. The number of benzene rings is 2. The fourth-order valence-electron chi connectivity index (χ4n) is 9.64. The van der Waals surface area contributed by atoms with Gasteiger partial charge < -0.3 is 0 Å². The third-order valence-corrected chi connectivity index (χ3v) is 11.0. The van der Waals surface area contributed by atoms with E-state index in [9.17, 15) is 0 Å². The van der Waals surface area contributed by atoms with Crippen LogP contribution in [0.15, 0.2) is 59.7 Å². The summed E-state index contributed by atoms with van der Waals surface area (Å²) in [4.78, 5) is 0. The summed E-state index contributed by atoms with van der Waals surface area (Å²) in [6.45, 7) is 0. The molecule has 0 heterocycles. The lowest BCUT2D eigenvalue weighted by Gasteiger charge is -2.33. The summed E-state index contributed by atoms with van der Waals surface area (Å²) in [5.41, 5.74) is 9.95. The molecular formula is C33H36. The highest BCUT2D eigenvalue weighted by molar-refractivity contribution is 5.70. The van der Waals surface area contributed by atoms with Gasteiger partial charge in [0.2, 0.25) is 0 Å². The number of fused-ring (bicyclic) bond motifs is 6. The normalized spacial score (nSPS) is 39.6. The van der Waals surface area contributed by atoms with Gasteiger partial charge in [0.15, 0.2) is 0 Å². The lowest BCUT2D eigenvalue weighted by molar-refractivity contribution is 0.349. The highest BCUT2D eigenvalue weighted by Crippen LogP contribution is 2.60. The molecule has 8 unspecified atom stereocenters. The molecule has 0 saturated heterocycles. The second kappa shape index (κ2) is 7.21. The van der Waals surface area contributed by atoms with Gasteiger partial charge in [0.25, 0.3) is 0 Å². The van der Waals surface area contributed by atoms with Gasteiger partial charge in [0.1, 0.15) is 0 Å². The highest BCUT2D eigenvalue weighted by atomic mass is 14.5. The van der Waals surface area contributed by atoms with E-state index in [2.05, 4.69) is 60.7 Å². The fraction of sp³-hybridized carbons (Fsp3) is 0.515. The van der Waals surface area contributed by atoms with Crippen LogP contribution in [-0.2, 0) is 0 Å². The molecule has 4 fully saturated rings. The Morgan fingerprint density at radius 3 is 1.45 bits per heavy atom. The standard InChI is InChI=1S/C33H36/c1-3-7-26-22(5-1)17-30(28-15-20-9-11-24(28)13-20)32(26)19-33-27-8-4-2-6-23(27)18-31(33)29-16-21-10-12-25(29)14-21/h1-8,17-18,20-21,24-25,28-29,32-33H,9-16,19H2. The van der Waals surface area contributed by atoms with Crippen LogP contribution in [0.1, 0.15) is 91.9 Å². The molecule has 0 radical (unpaired) electrons. The molecule has 2 aromatic carbocycles. The van der Waals surface area contributed by atoms with E-state index in [4.69, 9.17) is 0 Å². The smallest absolute Gasteiger partial charge is 0.00692 e. The maximum Gasteiger partial charge on any atom is 0.00692 e. The van der Waals surface area contributed by atoms with Crippen molar-refractivity contribution in [1.29, 1.82) is 0 Å². The lowest BCUT2D eigenvalue weighted by atomic mass is 9.71. The Hall–Kier alpha value is -2.08. The van der Waals surface area contributed by atoms with Gasteiger partial charge in [-0.15, -0.1) is 0 Å². The predicted octanol–water partition coefficient (Wildman–Crippen LogP) is 8.61. The summed E-state index contributed by atoms with van der Waals surface area (Å²) >= 11 is 0. The second-order valence-corrected chi connectivity index (χ2v) is 12.5. The molecule has 33 heavy (non-hydrogen) atoms. The lowest BCUT2D eigenvalue weighted by Crippen LogP contribution is -2.20. The van der Waals surface area contributed by atoms with Crippen LogP contribution in [-0.4, -0.2) is 0 Å². The summed E-state index contributed by atoms with van der Waals surface area (Å²) in [7, 11) is 0. The molecule has 8 rings (SSSR count). The molecule has 0 aromatic heterocycles. The molecule has 0 spiro atoms. The van der Waals surface area contributed by atoms with Gasteiger partial charge in [-0.25, -0.2) is 0 Å². The van der Waals surface area contributed by atoms with Gasteiger partial charge in [-0.3, -0.25) is 0 Å². The van der Waals surface area contributed by atoms with Crippen molar-refractivity contribution in [1.82, 2.24) is 0 Å². The zero-order chi connectivity index (χ0) is 21.5. The molecule has 2 aromatic rings. The van der Waals surface area contributed by atoms with Gasteiger partial charge in [-0.1, -0.05) is 84.7 Å². The van der Waals surface area contributed by atoms with Crippen LogP contribution >= 0.6 is 0 Å². The largest absolute Gasteiger partial charge is 0.0619 e. The molecule has 8 atom stereocenters. The Morgan fingerprint density at radius 2 is 1.03 bits per heavy atom. The zero-order valence-electron chi connectivity index (χ0n) is 19.8. The van der Waals surface area contributed by atoms with Gasteiger partial charge in [0.05, 0.1) is 0 Å². The van der Waals surface area contributed by atoms with E-state index in [1.807, 2.05) is 11.1 Å². The van der Waals surface area contributed by atoms with Crippen molar-refractivity contribution >= 4 is 12.2 Å². The third-order valence-electron chi connectivity index (χ3n) is 11.0. The molecular weight excluding hydrogens is 396 g/mol. The van der Waals surface area contributed by atoms with Crippen molar-refractivity contribution in [2.45, 2.75) is 69.6 Å². The summed E-state index contributed by atoms with van der Waals surface area (Å²) < 4.78 is 0. The minimum atomic E-state index is 0.628. The zero-order valence-corrected chi connectivity index (χ0v) is 19.8. The summed E-state index contributed by atoms with van der Waals surface area (Å²) in [6, 6.07) is 18.8. The Morgan fingerprint density at radius 1 is 0.545 bits per heavy atom. The molecule has 0 aliphatic heterocycles. The van der Waals surface area contributed by atoms with E-state index in [0.29, 0.717) is 11.8 Å². The van der Waals surface area contributed by atoms with Crippen molar-refractivity contribution in [2.75, 3.05) is 0 Å². The van der Waals surface area contributed by atoms with Crippen LogP contribution in [0.25, 0.3) is 12.2 Å². The van der Waals surface area contributed by atoms with E-state index in [0.717, 1.165) is 35.5 Å². The molecule has 4 bridgehead atoms. The minimum Gasteiger partial charge on any atom is -0.0619 e. The van der Waals surface area contributed by atoms with Crippen molar-refractivity contribution in [2.24, 2.45) is 35.5 Å². The third kappa shape index (κ3) is 2.88. The number of hydrogen-bond donors (Lipinski definition) is 0. The Kier molecular flexibility index (Phi) is 4.20. The maximum atomic E-state index is 2.65. The molecule has 0 nitrogen and oxygen atoms in total. The van der Waals surface area contributed by atoms with Crippen LogP contribution < -0.4 is 0 Å². The Bertz CT molecular complexity index is 1070. The molecule has 0 heteroatoms. The van der Waals surface area contributed by atoms with Gasteiger partial charge in [0, 0.05) is 11.8 Å². The molecule has 4 saturated carbocycles. The Labute approximate surface area is 199 Å². The van der Waals surface area contributed by atoms with Crippen LogP contribution in [0.2, 0.25) is 0 Å². The van der Waals surface area contributed by atoms with E-state index in [-0.39, 0.29) is 0 Å². The number of rotatable bonds is 4. The SMILES string of the molecule is C1=C(C2CC3CCC2C3)C(CC2C(C3CC4CCC3C4)=Cc3ccccc32)c2ccccc21. The van der Waals surface area contributed by atoms with Crippen molar-refractivity contribution in [3.8, 4) is 0 Å². The van der Waals surface area contributed by atoms with Crippen molar-refractivity contribution in [3.63, 3.8) is 0 Å². The number of allylic oxidation sites excluding steroid dienone is 2. The monoisotopic (exact) mass is 432 g/mol. The van der Waals surface area contributed by atoms with Crippen LogP contribution in [0.3, 0.4) is 0 Å². The summed E-state index contributed by atoms with van der Waals surface area (Å²) in [5.74, 6) is 6.93. The first-order chi connectivity index (χ1) is 16.3. The first-order valence-corrected chi connectivity index (χ1v) is 13.9.